The average Bonchev–Trinajstić information content (AvgIpc) is 2.73. The summed E-state index contributed by atoms with van der Waals surface area (Å²) in [7, 11) is 1.54. The summed E-state index contributed by atoms with van der Waals surface area (Å²) in [5, 5.41) is 0.375. The summed E-state index contributed by atoms with van der Waals surface area (Å²) in [6.07, 6.45) is 1.57. The van der Waals surface area contributed by atoms with Gasteiger partial charge in [-0.25, -0.2) is 14.3 Å². The zero-order valence-electron chi connectivity index (χ0n) is 15.6. The van der Waals surface area contributed by atoms with Crippen LogP contribution in [0.5, 0.6) is 5.75 Å². The zero-order chi connectivity index (χ0) is 19.7. The summed E-state index contributed by atoms with van der Waals surface area (Å²) in [4.78, 5) is 30.7. The maximum absolute atomic E-state index is 13.4. The smallest absolute Gasteiger partial charge is 0.337 e. The van der Waals surface area contributed by atoms with Gasteiger partial charge in [0.25, 0.3) is 5.56 Å². The third-order valence-electron chi connectivity index (χ3n) is 4.68. The van der Waals surface area contributed by atoms with E-state index in [9.17, 15) is 9.59 Å². The summed E-state index contributed by atoms with van der Waals surface area (Å²) in [6.45, 7) is 2.17. The maximum Gasteiger partial charge on any atom is 0.337 e. The number of aryl methyl sites for hydroxylation is 1. The molecule has 2 heterocycles. The molecule has 0 fully saturated rings. The normalized spacial score (nSPS) is 10.9. The molecule has 0 aliphatic carbocycles. The number of pyridine rings is 1. The second kappa shape index (κ2) is 7.15. The fraction of sp³-hybridized carbons (Fsp3) is 0.136. The van der Waals surface area contributed by atoms with Crippen LogP contribution < -0.4 is 16.0 Å². The van der Waals surface area contributed by atoms with E-state index in [2.05, 4.69) is 4.98 Å². The molecule has 0 N–H and O–H groups in total. The highest BCUT2D eigenvalue weighted by Crippen LogP contribution is 2.22. The molecule has 0 bridgehead atoms. The molecule has 0 spiro atoms. The minimum Gasteiger partial charge on any atom is -0.495 e. The van der Waals surface area contributed by atoms with Crippen LogP contribution in [0.4, 0.5) is 0 Å². The predicted molar refractivity (Wildman–Crippen MR) is 108 cm³/mol. The third-order valence-corrected chi connectivity index (χ3v) is 4.68. The van der Waals surface area contributed by atoms with Gasteiger partial charge in [0.05, 0.1) is 24.7 Å². The van der Waals surface area contributed by atoms with E-state index >= 15 is 0 Å². The topological polar surface area (TPSA) is 66.1 Å². The van der Waals surface area contributed by atoms with Gasteiger partial charge in [-0.05, 0) is 36.8 Å². The molecule has 6 heteroatoms. The summed E-state index contributed by atoms with van der Waals surface area (Å²) >= 11 is 0. The Hall–Kier alpha value is -3.67. The first-order valence-electron chi connectivity index (χ1n) is 8.89. The van der Waals surface area contributed by atoms with Crippen LogP contribution in [0.1, 0.15) is 11.1 Å². The number of methoxy groups -OCH3 is 1. The summed E-state index contributed by atoms with van der Waals surface area (Å²) in [5.41, 5.74) is 2.02. The number of hydrogen-bond acceptors (Lipinski definition) is 4. The van der Waals surface area contributed by atoms with Crippen molar-refractivity contribution in [2.24, 2.45) is 0 Å². The molecule has 0 saturated heterocycles. The van der Waals surface area contributed by atoms with Crippen LogP contribution in [0.15, 0.2) is 76.4 Å². The molecule has 2 aromatic carbocycles. The standard InChI is InChI=1S/C22H19N3O3/c1-15-9-11-16(12-10-15)14-24-21(26)17-6-5-13-23-20(17)25(22(24)27)18-7-3-4-8-19(18)28-2/h3-13H,14H2,1-2H3. The van der Waals surface area contributed by atoms with Gasteiger partial charge < -0.3 is 4.74 Å². The minimum absolute atomic E-state index is 0.179. The molecular formula is C22H19N3O3. The Morgan fingerprint density at radius 3 is 2.46 bits per heavy atom. The first-order valence-corrected chi connectivity index (χ1v) is 8.89. The molecule has 0 radical (unpaired) electrons. The number of nitrogens with zero attached hydrogens (tertiary/aromatic N) is 3. The highest BCUT2D eigenvalue weighted by atomic mass is 16.5. The van der Waals surface area contributed by atoms with Crippen LogP contribution in [0.2, 0.25) is 0 Å². The Morgan fingerprint density at radius 2 is 1.71 bits per heavy atom. The second-order valence-electron chi connectivity index (χ2n) is 6.54. The van der Waals surface area contributed by atoms with Crippen molar-refractivity contribution in [2.75, 3.05) is 7.11 Å². The highest BCUT2D eigenvalue weighted by molar-refractivity contribution is 5.76. The molecule has 140 valence electrons. The van der Waals surface area contributed by atoms with Gasteiger partial charge in [-0.2, -0.15) is 0 Å². The van der Waals surface area contributed by atoms with Crippen LogP contribution in [0.3, 0.4) is 0 Å². The lowest BCUT2D eigenvalue weighted by atomic mass is 10.1. The van der Waals surface area contributed by atoms with Gasteiger partial charge in [-0.3, -0.25) is 9.36 Å². The van der Waals surface area contributed by atoms with Crippen molar-refractivity contribution in [3.63, 3.8) is 0 Å². The van der Waals surface area contributed by atoms with Crippen LogP contribution in [-0.4, -0.2) is 21.2 Å². The quantitative estimate of drug-likeness (QED) is 0.552. The molecule has 28 heavy (non-hydrogen) atoms. The maximum atomic E-state index is 13.4. The Morgan fingerprint density at radius 1 is 0.964 bits per heavy atom. The van der Waals surface area contributed by atoms with E-state index in [1.807, 2.05) is 43.3 Å². The molecule has 0 aliphatic heterocycles. The summed E-state index contributed by atoms with van der Waals surface area (Å²) in [5.74, 6) is 0.525. The molecule has 0 amide bonds. The molecule has 0 saturated carbocycles. The van der Waals surface area contributed by atoms with Gasteiger partial charge in [0.1, 0.15) is 5.75 Å². The highest BCUT2D eigenvalue weighted by Gasteiger charge is 2.17. The van der Waals surface area contributed by atoms with Gasteiger partial charge in [-0.15, -0.1) is 0 Å². The largest absolute Gasteiger partial charge is 0.495 e. The number of benzene rings is 2. The Labute approximate surface area is 161 Å². The number of para-hydroxylation sites is 2. The lowest BCUT2D eigenvalue weighted by Gasteiger charge is -2.15. The number of ether oxygens (including phenoxy) is 1. The number of rotatable bonds is 4. The molecule has 0 unspecified atom stereocenters. The van der Waals surface area contributed by atoms with Crippen molar-refractivity contribution in [3.05, 3.63) is 98.8 Å². The van der Waals surface area contributed by atoms with Crippen molar-refractivity contribution in [3.8, 4) is 11.4 Å². The zero-order valence-corrected chi connectivity index (χ0v) is 15.6. The van der Waals surface area contributed by atoms with Crippen molar-refractivity contribution < 1.29 is 4.74 Å². The van der Waals surface area contributed by atoms with Crippen LogP contribution in [0, 0.1) is 6.92 Å². The van der Waals surface area contributed by atoms with Crippen LogP contribution >= 0.6 is 0 Å². The number of fused-ring (bicyclic) bond motifs is 1. The fourth-order valence-electron chi connectivity index (χ4n) is 3.23. The molecule has 6 nitrogen and oxygen atoms in total. The van der Waals surface area contributed by atoms with Gasteiger partial charge in [0.15, 0.2) is 5.65 Å². The molecule has 0 aliphatic rings. The Balaban J connectivity index is 2.03. The number of hydrogen-bond donors (Lipinski definition) is 0. The molecule has 4 rings (SSSR count). The Kier molecular flexibility index (Phi) is 4.53. The van der Waals surface area contributed by atoms with Gasteiger partial charge in [-0.1, -0.05) is 42.0 Å². The van der Waals surface area contributed by atoms with E-state index in [0.29, 0.717) is 22.5 Å². The lowest BCUT2D eigenvalue weighted by molar-refractivity contribution is 0.412. The minimum atomic E-state index is -0.457. The van der Waals surface area contributed by atoms with Crippen molar-refractivity contribution in [2.45, 2.75) is 13.5 Å². The van der Waals surface area contributed by atoms with Crippen LogP contribution in [-0.2, 0) is 6.54 Å². The lowest BCUT2D eigenvalue weighted by Crippen LogP contribution is -2.40. The third kappa shape index (κ3) is 2.99. The fourth-order valence-corrected chi connectivity index (χ4v) is 3.23. The van der Waals surface area contributed by atoms with Gasteiger partial charge >= 0.3 is 5.69 Å². The summed E-state index contributed by atoms with van der Waals surface area (Å²) < 4.78 is 8.10. The molecule has 0 atom stereocenters. The summed E-state index contributed by atoms with van der Waals surface area (Å²) in [6, 6.07) is 18.3. The first-order chi connectivity index (χ1) is 13.6. The van der Waals surface area contributed by atoms with Crippen molar-refractivity contribution >= 4 is 11.0 Å². The molecular weight excluding hydrogens is 354 g/mol. The Bertz CT molecular complexity index is 1270. The average molecular weight is 373 g/mol. The molecule has 4 aromatic rings. The van der Waals surface area contributed by atoms with E-state index in [1.165, 1.54) is 9.13 Å². The van der Waals surface area contributed by atoms with E-state index in [0.717, 1.165) is 11.1 Å². The van der Waals surface area contributed by atoms with Gasteiger partial charge in [0, 0.05) is 6.20 Å². The monoisotopic (exact) mass is 373 g/mol. The van der Waals surface area contributed by atoms with E-state index in [1.54, 1.807) is 37.6 Å². The van der Waals surface area contributed by atoms with Gasteiger partial charge in [0.2, 0.25) is 0 Å². The number of aromatic nitrogens is 3. The van der Waals surface area contributed by atoms with E-state index in [-0.39, 0.29) is 12.1 Å². The van der Waals surface area contributed by atoms with Crippen molar-refractivity contribution in [1.82, 2.24) is 14.1 Å². The predicted octanol–water partition coefficient (Wildman–Crippen LogP) is 2.91. The first kappa shape index (κ1) is 17.7. The second-order valence-corrected chi connectivity index (χ2v) is 6.54. The van der Waals surface area contributed by atoms with Crippen LogP contribution in [0.25, 0.3) is 16.7 Å². The van der Waals surface area contributed by atoms with Crippen molar-refractivity contribution in [1.29, 1.82) is 0 Å². The SMILES string of the molecule is COc1ccccc1-n1c(=O)n(Cc2ccc(C)cc2)c(=O)c2cccnc21. The van der Waals surface area contributed by atoms with E-state index < -0.39 is 5.69 Å². The van der Waals surface area contributed by atoms with E-state index in [4.69, 9.17) is 4.74 Å². The molecule has 2 aromatic heterocycles.